The third-order valence-corrected chi connectivity index (χ3v) is 5.04. The molecule has 2 atom stereocenters. The molecule has 4 heteroatoms. The molecule has 0 radical (unpaired) electrons. The summed E-state index contributed by atoms with van der Waals surface area (Å²) >= 11 is 0. The number of rotatable bonds is 1. The zero-order chi connectivity index (χ0) is 16.0. The Morgan fingerprint density at radius 3 is 2.57 bits per heavy atom. The molecule has 0 saturated carbocycles. The van der Waals surface area contributed by atoms with Gasteiger partial charge in [0.2, 0.25) is 0 Å². The maximum Gasteiger partial charge on any atom is 0.254 e. The number of hydrogen-bond acceptors (Lipinski definition) is 2. The van der Waals surface area contributed by atoms with Crippen LogP contribution in [0.4, 0.5) is 4.39 Å². The van der Waals surface area contributed by atoms with E-state index in [0.717, 1.165) is 37.0 Å². The lowest BCUT2D eigenvalue weighted by Gasteiger charge is -2.18. The van der Waals surface area contributed by atoms with Crippen molar-refractivity contribution in [2.75, 3.05) is 13.1 Å². The van der Waals surface area contributed by atoms with Crippen molar-refractivity contribution in [3.05, 3.63) is 53.5 Å². The monoisotopic (exact) mass is 310 g/mol. The van der Waals surface area contributed by atoms with Crippen LogP contribution < -0.4 is 0 Å². The van der Waals surface area contributed by atoms with Gasteiger partial charge in [-0.05, 0) is 49.8 Å². The molecule has 1 aliphatic carbocycles. The number of allylic oxidation sites excluding steroid dienone is 2. The molecule has 0 unspecified atom stereocenters. The number of aromatic nitrogens is 1. The van der Waals surface area contributed by atoms with Crippen LogP contribution in [0.15, 0.2) is 36.4 Å². The highest BCUT2D eigenvalue weighted by Gasteiger charge is 2.35. The second kappa shape index (κ2) is 5.44. The summed E-state index contributed by atoms with van der Waals surface area (Å²) in [5.41, 5.74) is 1.93. The molecule has 4 rings (SSSR count). The molecule has 0 bridgehead atoms. The van der Waals surface area contributed by atoms with Gasteiger partial charge in [-0.15, -0.1) is 0 Å². The standard InChI is InChI=1S/C19H19FN2O/c1-12-8-17(16-7-6-15(20)9-18(16)21-12)19(23)22-10-13-4-2-3-5-14(13)11-22/h2-3,6-9,13-14H,4-5,10-11H2,1H3/t13-,14+. The van der Waals surface area contributed by atoms with Gasteiger partial charge in [0.05, 0.1) is 11.1 Å². The summed E-state index contributed by atoms with van der Waals surface area (Å²) in [4.78, 5) is 19.3. The van der Waals surface area contributed by atoms with E-state index in [4.69, 9.17) is 0 Å². The van der Waals surface area contributed by atoms with E-state index in [1.54, 1.807) is 6.07 Å². The summed E-state index contributed by atoms with van der Waals surface area (Å²) in [6.07, 6.45) is 6.58. The van der Waals surface area contributed by atoms with Crippen molar-refractivity contribution in [1.82, 2.24) is 9.88 Å². The molecule has 1 aliphatic heterocycles. The van der Waals surface area contributed by atoms with E-state index < -0.39 is 0 Å². The Labute approximate surface area is 134 Å². The molecule has 0 spiro atoms. The molecular weight excluding hydrogens is 291 g/mol. The number of carbonyl (C=O) groups is 1. The van der Waals surface area contributed by atoms with Gasteiger partial charge in [-0.25, -0.2) is 4.39 Å². The molecule has 2 aliphatic rings. The van der Waals surface area contributed by atoms with E-state index in [2.05, 4.69) is 17.1 Å². The summed E-state index contributed by atoms with van der Waals surface area (Å²) in [6, 6.07) is 6.27. The van der Waals surface area contributed by atoms with E-state index in [9.17, 15) is 9.18 Å². The number of aryl methyl sites for hydroxylation is 1. The maximum absolute atomic E-state index is 13.5. The topological polar surface area (TPSA) is 33.2 Å². The van der Waals surface area contributed by atoms with Crippen LogP contribution in [0.25, 0.3) is 10.9 Å². The minimum absolute atomic E-state index is 0.0431. The lowest BCUT2D eigenvalue weighted by molar-refractivity contribution is 0.0786. The van der Waals surface area contributed by atoms with Gasteiger partial charge in [0.15, 0.2) is 0 Å². The highest BCUT2D eigenvalue weighted by atomic mass is 19.1. The first-order valence-corrected chi connectivity index (χ1v) is 8.13. The van der Waals surface area contributed by atoms with Gasteiger partial charge in [0.25, 0.3) is 5.91 Å². The first-order chi connectivity index (χ1) is 11.1. The number of hydrogen-bond donors (Lipinski definition) is 0. The van der Waals surface area contributed by atoms with Crippen molar-refractivity contribution < 1.29 is 9.18 Å². The predicted octanol–water partition coefficient (Wildman–Crippen LogP) is 3.72. The number of carbonyl (C=O) groups excluding carboxylic acids is 1. The Bertz CT molecular complexity index is 793. The van der Waals surface area contributed by atoms with Crippen molar-refractivity contribution in [2.45, 2.75) is 19.8 Å². The highest BCUT2D eigenvalue weighted by molar-refractivity contribution is 6.06. The van der Waals surface area contributed by atoms with Gasteiger partial charge in [0, 0.05) is 30.2 Å². The van der Waals surface area contributed by atoms with E-state index >= 15 is 0 Å². The van der Waals surface area contributed by atoms with Crippen LogP contribution in [0.1, 0.15) is 28.9 Å². The van der Waals surface area contributed by atoms with Crippen molar-refractivity contribution in [3.63, 3.8) is 0 Å². The van der Waals surface area contributed by atoms with Gasteiger partial charge >= 0.3 is 0 Å². The van der Waals surface area contributed by atoms with Crippen LogP contribution in [0.3, 0.4) is 0 Å². The normalized spacial score (nSPS) is 23.3. The van der Waals surface area contributed by atoms with Crippen LogP contribution >= 0.6 is 0 Å². The fourth-order valence-corrected chi connectivity index (χ4v) is 3.86. The van der Waals surface area contributed by atoms with E-state index in [-0.39, 0.29) is 11.7 Å². The average molecular weight is 310 g/mol. The number of pyridine rings is 1. The molecule has 2 heterocycles. The van der Waals surface area contributed by atoms with Crippen LogP contribution in [0.2, 0.25) is 0 Å². The molecule has 118 valence electrons. The summed E-state index contributed by atoms with van der Waals surface area (Å²) in [5, 5.41) is 0.731. The third kappa shape index (κ3) is 2.52. The van der Waals surface area contributed by atoms with E-state index in [1.165, 1.54) is 12.1 Å². The lowest BCUT2D eigenvalue weighted by atomic mass is 9.86. The van der Waals surface area contributed by atoms with E-state index in [0.29, 0.717) is 22.9 Å². The summed E-state index contributed by atoms with van der Waals surface area (Å²) in [7, 11) is 0. The Morgan fingerprint density at radius 2 is 1.87 bits per heavy atom. The van der Waals surface area contributed by atoms with Crippen LogP contribution in [-0.2, 0) is 0 Å². The minimum Gasteiger partial charge on any atom is -0.338 e. The Balaban J connectivity index is 1.70. The van der Waals surface area contributed by atoms with Crippen molar-refractivity contribution >= 4 is 16.8 Å². The van der Waals surface area contributed by atoms with Gasteiger partial charge in [-0.1, -0.05) is 12.2 Å². The molecule has 0 N–H and O–H groups in total. The second-order valence-electron chi connectivity index (χ2n) is 6.65. The lowest BCUT2D eigenvalue weighted by Crippen LogP contribution is -2.29. The highest BCUT2D eigenvalue weighted by Crippen LogP contribution is 2.34. The fraction of sp³-hybridized carbons (Fsp3) is 0.368. The number of fused-ring (bicyclic) bond motifs is 2. The van der Waals surface area contributed by atoms with Crippen LogP contribution in [-0.4, -0.2) is 28.9 Å². The van der Waals surface area contributed by atoms with Crippen molar-refractivity contribution in [3.8, 4) is 0 Å². The van der Waals surface area contributed by atoms with E-state index in [1.807, 2.05) is 17.9 Å². The number of halogens is 1. The average Bonchev–Trinajstić information content (AvgIpc) is 2.97. The Hall–Kier alpha value is -2.23. The second-order valence-corrected chi connectivity index (χ2v) is 6.65. The van der Waals surface area contributed by atoms with Gasteiger partial charge in [0.1, 0.15) is 5.82 Å². The van der Waals surface area contributed by atoms with Crippen LogP contribution in [0.5, 0.6) is 0 Å². The molecule has 1 aromatic heterocycles. The van der Waals surface area contributed by atoms with Crippen molar-refractivity contribution in [2.24, 2.45) is 11.8 Å². The molecular formula is C19H19FN2O. The molecule has 1 saturated heterocycles. The molecule has 1 fully saturated rings. The molecule has 2 aromatic rings. The largest absolute Gasteiger partial charge is 0.338 e. The minimum atomic E-state index is -0.327. The first kappa shape index (κ1) is 14.4. The Morgan fingerprint density at radius 1 is 1.17 bits per heavy atom. The summed E-state index contributed by atoms with van der Waals surface area (Å²) < 4.78 is 13.5. The smallest absolute Gasteiger partial charge is 0.254 e. The summed E-state index contributed by atoms with van der Waals surface area (Å²) in [6.45, 7) is 3.48. The van der Waals surface area contributed by atoms with Gasteiger partial charge in [-0.3, -0.25) is 9.78 Å². The predicted molar refractivity (Wildman–Crippen MR) is 87.7 cm³/mol. The summed E-state index contributed by atoms with van der Waals surface area (Å²) in [5.74, 6) is 0.875. The molecule has 1 aromatic carbocycles. The number of benzene rings is 1. The number of amides is 1. The molecule has 3 nitrogen and oxygen atoms in total. The zero-order valence-electron chi connectivity index (χ0n) is 13.1. The van der Waals surface area contributed by atoms with Crippen LogP contribution in [0, 0.1) is 24.6 Å². The van der Waals surface area contributed by atoms with Gasteiger partial charge < -0.3 is 4.90 Å². The zero-order valence-corrected chi connectivity index (χ0v) is 13.1. The Kier molecular flexibility index (Phi) is 3.40. The maximum atomic E-state index is 13.5. The van der Waals surface area contributed by atoms with Gasteiger partial charge in [-0.2, -0.15) is 0 Å². The molecule has 1 amide bonds. The number of nitrogens with zero attached hydrogens (tertiary/aromatic N) is 2. The fourth-order valence-electron chi connectivity index (χ4n) is 3.86. The molecule has 23 heavy (non-hydrogen) atoms. The van der Waals surface area contributed by atoms with Crippen molar-refractivity contribution in [1.29, 1.82) is 0 Å². The SMILES string of the molecule is Cc1cc(C(=O)N2C[C@H]3CC=CC[C@H]3C2)c2ccc(F)cc2n1. The number of likely N-dealkylation sites (tertiary alicyclic amines) is 1. The third-order valence-electron chi connectivity index (χ3n) is 5.04. The first-order valence-electron chi connectivity index (χ1n) is 8.13. The quantitative estimate of drug-likeness (QED) is 0.752.